The van der Waals surface area contributed by atoms with Crippen molar-refractivity contribution >= 4 is 34.8 Å². The lowest BCUT2D eigenvalue weighted by Crippen LogP contribution is -2.31. The van der Waals surface area contributed by atoms with E-state index in [-0.39, 0.29) is 11.8 Å². The summed E-state index contributed by atoms with van der Waals surface area (Å²) in [5.41, 5.74) is 7.83. The summed E-state index contributed by atoms with van der Waals surface area (Å²) in [7, 11) is 0. The van der Waals surface area contributed by atoms with Crippen LogP contribution in [0.25, 0.3) is 0 Å². The van der Waals surface area contributed by atoms with E-state index >= 15 is 0 Å². The number of carbonyl (C=O) groups is 3. The lowest BCUT2D eigenvalue weighted by Gasteiger charge is -2.18. The van der Waals surface area contributed by atoms with Gasteiger partial charge in [0.1, 0.15) is 6.04 Å². The van der Waals surface area contributed by atoms with Crippen molar-refractivity contribution in [2.75, 3.05) is 22.1 Å². The lowest BCUT2D eigenvalue weighted by atomic mass is 10.2. The van der Waals surface area contributed by atoms with Gasteiger partial charge in [0.2, 0.25) is 17.7 Å². The molecule has 0 bridgehead atoms. The molecule has 0 spiro atoms. The molecule has 1 aliphatic heterocycles. The van der Waals surface area contributed by atoms with E-state index in [4.69, 9.17) is 5.73 Å². The largest absolute Gasteiger partial charge is 0.374 e. The van der Waals surface area contributed by atoms with E-state index in [1.165, 1.54) is 0 Å². The number of nitrogens with two attached hydrogens (primary N) is 1. The van der Waals surface area contributed by atoms with Crippen LogP contribution in [0, 0.1) is 0 Å². The van der Waals surface area contributed by atoms with Gasteiger partial charge in [-0.05, 0) is 61.9 Å². The number of hydrogen-bond acceptors (Lipinski definition) is 4. The molecule has 0 radical (unpaired) electrons. The standard InChI is InChI=1S/C20H22N4O3/c1-13(20(27)23-16-6-4-14(5-7-16)19(21)26)22-15-8-10-17(11-9-15)24-12-2-3-18(24)25/h4-11,13,22H,2-3,12H2,1H3,(H2,21,26)(H,23,27)/t13-/m1/s1. The van der Waals surface area contributed by atoms with E-state index in [2.05, 4.69) is 10.6 Å². The van der Waals surface area contributed by atoms with E-state index < -0.39 is 11.9 Å². The average molecular weight is 366 g/mol. The first-order valence-corrected chi connectivity index (χ1v) is 8.82. The molecule has 7 nitrogen and oxygen atoms in total. The van der Waals surface area contributed by atoms with Crippen molar-refractivity contribution in [2.45, 2.75) is 25.8 Å². The van der Waals surface area contributed by atoms with Crippen molar-refractivity contribution in [1.29, 1.82) is 0 Å². The number of hydrogen-bond donors (Lipinski definition) is 3. The number of anilines is 3. The molecule has 0 aliphatic carbocycles. The van der Waals surface area contributed by atoms with Crippen LogP contribution >= 0.6 is 0 Å². The van der Waals surface area contributed by atoms with E-state index in [1.54, 1.807) is 36.1 Å². The van der Waals surface area contributed by atoms with Crippen LogP contribution in [0.3, 0.4) is 0 Å². The smallest absolute Gasteiger partial charge is 0.248 e. The summed E-state index contributed by atoms with van der Waals surface area (Å²) >= 11 is 0. The minimum atomic E-state index is -0.512. The number of primary amides is 1. The third-order valence-electron chi connectivity index (χ3n) is 4.47. The molecule has 3 amide bonds. The molecule has 1 atom stereocenters. The molecule has 1 saturated heterocycles. The summed E-state index contributed by atoms with van der Waals surface area (Å²) < 4.78 is 0. The van der Waals surface area contributed by atoms with Crippen LogP contribution in [0.2, 0.25) is 0 Å². The number of amides is 3. The molecule has 0 aromatic heterocycles. The van der Waals surface area contributed by atoms with Gasteiger partial charge in [0, 0.05) is 35.6 Å². The Labute approximate surface area is 157 Å². The molecule has 3 rings (SSSR count). The topological polar surface area (TPSA) is 105 Å². The van der Waals surface area contributed by atoms with Gasteiger partial charge >= 0.3 is 0 Å². The van der Waals surface area contributed by atoms with Gasteiger partial charge < -0.3 is 21.3 Å². The van der Waals surface area contributed by atoms with Gasteiger partial charge in [-0.3, -0.25) is 14.4 Å². The molecular weight excluding hydrogens is 344 g/mol. The van der Waals surface area contributed by atoms with Crippen molar-refractivity contribution in [3.8, 4) is 0 Å². The Bertz CT molecular complexity index is 847. The molecule has 7 heteroatoms. The molecule has 140 valence electrons. The maximum Gasteiger partial charge on any atom is 0.248 e. The van der Waals surface area contributed by atoms with Crippen LogP contribution in [0.4, 0.5) is 17.1 Å². The van der Waals surface area contributed by atoms with Crippen molar-refractivity contribution in [1.82, 2.24) is 0 Å². The number of benzene rings is 2. The zero-order valence-electron chi connectivity index (χ0n) is 15.1. The summed E-state index contributed by atoms with van der Waals surface area (Å²) in [4.78, 5) is 37.0. The molecule has 1 heterocycles. The van der Waals surface area contributed by atoms with Crippen molar-refractivity contribution in [3.63, 3.8) is 0 Å². The summed E-state index contributed by atoms with van der Waals surface area (Å²) in [6, 6.07) is 13.4. The van der Waals surface area contributed by atoms with Crippen LogP contribution in [0.15, 0.2) is 48.5 Å². The minimum absolute atomic E-state index is 0.144. The molecule has 1 fully saturated rings. The van der Waals surface area contributed by atoms with Gasteiger partial charge in [-0.1, -0.05) is 0 Å². The Balaban J connectivity index is 1.57. The summed E-state index contributed by atoms with van der Waals surface area (Å²) in [5.74, 6) is -0.576. The predicted molar refractivity (Wildman–Crippen MR) is 105 cm³/mol. The Morgan fingerprint density at radius 2 is 1.67 bits per heavy atom. The zero-order valence-corrected chi connectivity index (χ0v) is 15.1. The molecular formula is C20H22N4O3. The zero-order chi connectivity index (χ0) is 19.4. The van der Waals surface area contributed by atoms with Crippen molar-refractivity contribution in [2.24, 2.45) is 5.73 Å². The first kappa shape index (κ1) is 18.4. The highest BCUT2D eigenvalue weighted by Gasteiger charge is 2.21. The van der Waals surface area contributed by atoms with E-state index in [0.717, 1.165) is 24.3 Å². The highest BCUT2D eigenvalue weighted by molar-refractivity contribution is 5.98. The number of nitrogens with one attached hydrogen (secondary N) is 2. The second-order valence-corrected chi connectivity index (χ2v) is 6.49. The third-order valence-corrected chi connectivity index (χ3v) is 4.47. The number of rotatable bonds is 6. The van der Waals surface area contributed by atoms with Gasteiger partial charge in [0.25, 0.3) is 0 Å². The first-order valence-electron chi connectivity index (χ1n) is 8.82. The summed E-state index contributed by atoms with van der Waals surface area (Å²) in [6.07, 6.45) is 1.48. The Morgan fingerprint density at radius 1 is 1.04 bits per heavy atom. The highest BCUT2D eigenvalue weighted by Crippen LogP contribution is 2.23. The fourth-order valence-corrected chi connectivity index (χ4v) is 2.94. The molecule has 1 aliphatic rings. The van der Waals surface area contributed by atoms with Gasteiger partial charge in [-0.25, -0.2) is 0 Å². The van der Waals surface area contributed by atoms with Gasteiger partial charge in [-0.15, -0.1) is 0 Å². The second-order valence-electron chi connectivity index (χ2n) is 6.49. The Kier molecular flexibility index (Phi) is 5.40. The van der Waals surface area contributed by atoms with E-state index in [9.17, 15) is 14.4 Å². The Morgan fingerprint density at radius 3 is 2.22 bits per heavy atom. The van der Waals surface area contributed by atoms with Crippen LogP contribution in [0.5, 0.6) is 0 Å². The molecule has 2 aromatic rings. The van der Waals surface area contributed by atoms with Gasteiger partial charge in [0.05, 0.1) is 0 Å². The molecule has 0 unspecified atom stereocenters. The molecule has 2 aromatic carbocycles. The predicted octanol–water partition coefficient (Wildman–Crippen LogP) is 2.35. The normalized spacial score (nSPS) is 14.7. The van der Waals surface area contributed by atoms with Crippen LogP contribution in [-0.2, 0) is 9.59 Å². The van der Waals surface area contributed by atoms with Gasteiger partial charge in [-0.2, -0.15) is 0 Å². The SMILES string of the molecule is C[C@@H](Nc1ccc(N2CCCC2=O)cc1)C(=O)Nc1ccc(C(N)=O)cc1. The molecule has 0 saturated carbocycles. The highest BCUT2D eigenvalue weighted by atomic mass is 16.2. The van der Waals surface area contributed by atoms with E-state index in [0.29, 0.717) is 17.7 Å². The van der Waals surface area contributed by atoms with Crippen LogP contribution in [0.1, 0.15) is 30.1 Å². The van der Waals surface area contributed by atoms with E-state index in [1.807, 2.05) is 24.3 Å². The molecule has 27 heavy (non-hydrogen) atoms. The van der Waals surface area contributed by atoms with Crippen LogP contribution < -0.4 is 21.3 Å². The number of carbonyl (C=O) groups excluding carboxylic acids is 3. The number of nitrogens with zero attached hydrogens (tertiary/aromatic N) is 1. The quantitative estimate of drug-likeness (QED) is 0.730. The van der Waals surface area contributed by atoms with Gasteiger partial charge in [0.15, 0.2) is 0 Å². The maximum atomic E-state index is 12.3. The second kappa shape index (κ2) is 7.90. The van der Waals surface area contributed by atoms with Crippen LogP contribution in [-0.4, -0.2) is 30.3 Å². The first-order chi connectivity index (χ1) is 12.9. The Hall–Kier alpha value is -3.35. The average Bonchev–Trinajstić information content (AvgIpc) is 3.08. The van der Waals surface area contributed by atoms with Crippen molar-refractivity contribution in [3.05, 3.63) is 54.1 Å². The fraction of sp³-hybridized carbons (Fsp3) is 0.250. The van der Waals surface area contributed by atoms with Crippen molar-refractivity contribution < 1.29 is 14.4 Å². The summed E-state index contributed by atoms with van der Waals surface area (Å²) in [5, 5.41) is 5.91. The third kappa shape index (κ3) is 4.44. The maximum absolute atomic E-state index is 12.3. The monoisotopic (exact) mass is 366 g/mol. The minimum Gasteiger partial charge on any atom is -0.374 e. The molecule has 4 N–H and O–H groups in total. The fourth-order valence-electron chi connectivity index (χ4n) is 2.94. The lowest BCUT2D eigenvalue weighted by molar-refractivity contribution is -0.117. The summed E-state index contributed by atoms with van der Waals surface area (Å²) in [6.45, 7) is 2.50.